The summed E-state index contributed by atoms with van der Waals surface area (Å²) in [5.41, 5.74) is 0.0421. The van der Waals surface area contributed by atoms with Crippen LogP contribution in [0.25, 0.3) is 11.1 Å². The third-order valence-corrected chi connectivity index (χ3v) is 6.75. The summed E-state index contributed by atoms with van der Waals surface area (Å²) in [6.07, 6.45) is -2.40. The molecule has 16 heteroatoms. The van der Waals surface area contributed by atoms with Gasteiger partial charge in [-0.15, -0.1) is 0 Å². The second kappa shape index (κ2) is 11.7. The lowest BCUT2D eigenvalue weighted by Crippen LogP contribution is -2.35. The Kier molecular flexibility index (Phi) is 8.32. The number of anilines is 3. The molecule has 2 heterocycles. The highest BCUT2D eigenvalue weighted by molar-refractivity contribution is 7.92. The van der Waals surface area contributed by atoms with Crippen molar-refractivity contribution in [1.29, 1.82) is 0 Å². The summed E-state index contributed by atoms with van der Waals surface area (Å²) in [6.45, 7) is -1.52. The number of hydrogen-bond acceptors (Lipinski definition) is 8. The Bertz CT molecular complexity index is 1630. The molecular weight excluding hydrogens is 574 g/mol. The molecule has 0 fully saturated rings. The summed E-state index contributed by atoms with van der Waals surface area (Å²) in [5.74, 6) is -1.13. The fourth-order valence-corrected chi connectivity index (χ4v) is 4.53. The molecular formula is C25H21F4N5O6S. The highest BCUT2D eigenvalue weighted by Crippen LogP contribution is 2.39. The molecule has 0 aliphatic heterocycles. The number of urea groups is 1. The molecule has 0 atom stereocenters. The first-order valence-electron chi connectivity index (χ1n) is 11.5. The van der Waals surface area contributed by atoms with Crippen molar-refractivity contribution in [1.82, 2.24) is 15.5 Å². The van der Waals surface area contributed by atoms with Crippen molar-refractivity contribution >= 4 is 33.4 Å². The number of aromatic nitrogens is 2. The van der Waals surface area contributed by atoms with Gasteiger partial charge in [-0.2, -0.15) is 13.2 Å². The molecule has 11 nitrogen and oxygen atoms in total. The number of alkyl halides is 3. The van der Waals surface area contributed by atoms with Crippen molar-refractivity contribution in [2.45, 2.75) is 11.1 Å². The number of carbonyl (C=O) groups is 1. The first kappa shape index (κ1) is 29.1. The minimum Gasteiger partial charge on any atom is -0.495 e. The minimum absolute atomic E-state index is 0.00203. The Morgan fingerprint density at radius 1 is 1.12 bits per heavy atom. The van der Waals surface area contributed by atoms with Crippen molar-refractivity contribution < 1.29 is 44.8 Å². The van der Waals surface area contributed by atoms with Crippen LogP contribution in [0.3, 0.4) is 0 Å². The number of methoxy groups -OCH3 is 1. The van der Waals surface area contributed by atoms with Crippen LogP contribution in [0.1, 0.15) is 0 Å². The molecule has 0 unspecified atom stereocenters. The van der Waals surface area contributed by atoms with Crippen LogP contribution in [-0.4, -0.2) is 51.5 Å². The van der Waals surface area contributed by atoms with E-state index in [9.17, 15) is 26.4 Å². The number of amides is 2. The Labute approximate surface area is 230 Å². The molecule has 0 spiro atoms. The van der Waals surface area contributed by atoms with Gasteiger partial charge in [0.25, 0.3) is 10.0 Å². The van der Waals surface area contributed by atoms with Crippen LogP contribution in [0, 0.1) is 5.82 Å². The van der Waals surface area contributed by atoms with Crippen molar-refractivity contribution in [2.24, 2.45) is 0 Å². The molecule has 216 valence electrons. The fraction of sp³-hybridized carbons (Fsp3) is 0.160. The maximum atomic E-state index is 15.4. The maximum Gasteiger partial charge on any atom is 0.422 e. The largest absolute Gasteiger partial charge is 0.495 e. The van der Waals surface area contributed by atoms with Gasteiger partial charge in [-0.3, -0.25) is 4.72 Å². The first-order valence-corrected chi connectivity index (χ1v) is 13.0. The van der Waals surface area contributed by atoms with Gasteiger partial charge in [0.15, 0.2) is 12.4 Å². The van der Waals surface area contributed by atoms with Crippen LogP contribution in [0.15, 0.2) is 76.5 Å². The zero-order valence-corrected chi connectivity index (χ0v) is 22.1. The zero-order chi connectivity index (χ0) is 29.8. The summed E-state index contributed by atoms with van der Waals surface area (Å²) in [5, 5.41) is 5.88. The number of nitrogens with one attached hydrogen (secondary N) is 2. The van der Waals surface area contributed by atoms with Gasteiger partial charge in [0.2, 0.25) is 0 Å². The standard InChI is InChI=1S/C25H21F4N5O6S/c1-30-24(35)34(23-7-6-17(13-31-23)41(36,37)33-22-8-9-40-32-22)20-12-19(26)18(11-21(20)38-2)15-4-3-5-16(10-15)39-14-25(27,28)29/h3-13H,14H2,1-2H3,(H,30,35)(H,32,33). The molecule has 0 bridgehead atoms. The summed E-state index contributed by atoms with van der Waals surface area (Å²) in [7, 11) is -1.51. The van der Waals surface area contributed by atoms with Crippen LogP contribution in [-0.2, 0) is 10.0 Å². The molecule has 2 aromatic carbocycles. The molecule has 0 saturated heterocycles. The SMILES string of the molecule is CNC(=O)N(c1ccc(S(=O)(=O)Nc2ccon2)cn1)c1cc(F)c(-c2cccc(OCC(F)(F)F)c2)cc1OC. The van der Waals surface area contributed by atoms with Crippen molar-refractivity contribution in [2.75, 3.05) is 30.4 Å². The van der Waals surface area contributed by atoms with E-state index < -0.39 is 34.7 Å². The molecule has 0 saturated carbocycles. The lowest BCUT2D eigenvalue weighted by atomic mass is 10.0. The third kappa shape index (κ3) is 6.84. The van der Waals surface area contributed by atoms with Crippen molar-refractivity contribution in [3.63, 3.8) is 0 Å². The van der Waals surface area contributed by atoms with Gasteiger partial charge in [-0.05, 0) is 35.9 Å². The monoisotopic (exact) mass is 595 g/mol. The number of halogens is 4. The third-order valence-electron chi connectivity index (χ3n) is 5.41. The van der Waals surface area contributed by atoms with E-state index >= 15 is 4.39 Å². The van der Waals surface area contributed by atoms with Crippen LogP contribution < -0.4 is 24.4 Å². The Morgan fingerprint density at radius 2 is 1.90 bits per heavy atom. The maximum absolute atomic E-state index is 15.4. The number of hydrogen-bond donors (Lipinski definition) is 2. The highest BCUT2D eigenvalue weighted by Gasteiger charge is 2.29. The van der Waals surface area contributed by atoms with Gasteiger partial charge in [0, 0.05) is 30.9 Å². The van der Waals surface area contributed by atoms with Gasteiger partial charge in [0.05, 0.1) is 12.8 Å². The second-order valence-electron chi connectivity index (χ2n) is 8.17. The van der Waals surface area contributed by atoms with E-state index in [4.69, 9.17) is 9.47 Å². The normalized spacial score (nSPS) is 11.6. The molecule has 2 N–H and O–H groups in total. The number of ether oxygens (including phenoxy) is 2. The van der Waals surface area contributed by atoms with E-state index in [2.05, 4.69) is 24.7 Å². The number of rotatable bonds is 9. The molecule has 2 amide bonds. The Balaban J connectivity index is 1.69. The summed E-state index contributed by atoms with van der Waals surface area (Å²) >= 11 is 0. The average Bonchev–Trinajstić information content (AvgIpc) is 3.44. The smallest absolute Gasteiger partial charge is 0.422 e. The predicted octanol–water partition coefficient (Wildman–Crippen LogP) is 5.10. The molecule has 0 aliphatic rings. The molecule has 0 aliphatic carbocycles. The van der Waals surface area contributed by atoms with Crippen LogP contribution in [0.5, 0.6) is 11.5 Å². The molecule has 4 aromatic rings. The van der Waals surface area contributed by atoms with E-state index in [1.54, 1.807) is 0 Å². The summed E-state index contributed by atoms with van der Waals surface area (Å²) < 4.78 is 95.3. The number of pyridine rings is 1. The number of benzene rings is 2. The molecule has 4 rings (SSSR count). The van der Waals surface area contributed by atoms with Crippen LogP contribution in [0.4, 0.5) is 39.7 Å². The van der Waals surface area contributed by atoms with Crippen molar-refractivity contribution in [3.8, 4) is 22.6 Å². The second-order valence-corrected chi connectivity index (χ2v) is 9.85. The van der Waals surface area contributed by atoms with E-state index in [1.165, 1.54) is 69.0 Å². The first-order chi connectivity index (χ1) is 19.4. The lowest BCUT2D eigenvalue weighted by Gasteiger charge is -2.24. The number of carbonyl (C=O) groups excluding carboxylic acids is 1. The lowest BCUT2D eigenvalue weighted by molar-refractivity contribution is -0.153. The van der Waals surface area contributed by atoms with Gasteiger partial charge in [-0.25, -0.2) is 27.5 Å². The van der Waals surface area contributed by atoms with E-state index in [-0.39, 0.29) is 44.8 Å². The van der Waals surface area contributed by atoms with Gasteiger partial charge in [0.1, 0.15) is 34.3 Å². The Hall–Kier alpha value is -4.86. The van der Waals surface area contributed by atoms with E-state index in [1.807, 2.05) is 0 Å². The average molecular weight is 596 g/mol. The quantitative estimate of drug-likeness (QED) is 0.255. The highest BCUT2D eigenvalue weighted by atomic mass is 32.2. The number of sulfonamides is 1. The van der Waals surface area contributed by atoms with E-state index in [0.29, 0.717) is 0 Å². The van der Waals surface area contributed by atoms with Crippen LogP contribution in [0.2, 0.25) is 0 Å². The van der Waals surface area contributed by atoms with Gasteiger partial charge in [-0.1, -0.05) is 17.3 Å². The number of nitrogens with zero attached hydrogens (tertiary/aromatic N) is 3. The summed E-state index contributed by atoms with van der Waals surface area (Å²) in [4.78, 5) is 17.6. The molecule has 41 heavy (non-hydrogen) atoms. The topological polar surface area (TPSA) is 136 Å². The Morgan fingerprint density at radius 3 is 2.51 bits per heavy atom. The predicted molar refractivity (Wildman–Crippen MR) is 138 cm³/mol. The van der Waals surface area contributed by atoms with Gasteiger partial charge >= 0.3 is 12.2 Å². The van der Waals surface area contributed by atoms with Crippen molar-refractivity contribution in [3.05, 3.63) is 72.9 Å². The molecule has 2 aromatic heterocycles. The summed E-state index contributed by atoms with van der Waals surface area (Å²) in [6, 6.07) is 10.5. The fourth-order valence-electron chi connectivity index (χ4n) is 3.60. The van der Waals surface area contributed by atoms with Gasteiger partial charge < -0.3 is 19.3 Å². The zero-order valence-electron chi connectivity index (χ0n) is 21.3. The van der Waals surface area contributed by atoms with E-state index in [0.717, 1.165) is 17.2 Å². The van der Waals surface area contributed by atoms with Crippen LogP contribution >= 0.6 is 0 Å². The minimum atomic E-state index is -4.56. The molecule has 0 radical (unpaired) electrons.